The molecule has 0 heterocycles. The zero-order chi connectivity index (χ0) is 6.57. The molecule has 8 heavy (non-hydrogen) atoms. The fourth-order valence-corrected chi connectivity index (χ4v) is 0.276. The summed E-state index contributed by atoms with van der Waals surface area (Å²) in [7, 11) is 0. The van der Waals surface area contributed by atoms with Crippen LogP contribution in [0.1, 0.15) is 6.42 Å². The van der Waals surface area contributed by atoms with Crippen LogP contribution < -0.4 is 10.8 Å². The molecular formula is C5H8NO2-. The highest BCUT2D eigenvalue weighted by atomic mass is 16.4. The largest absolute Gasteiger partial charge is 0.548 e. The summed E-state index contributed by atoms with van der Waals surface area (Å²) >= 11 is 0. The van der Waals surface area contributed by atoms with Crippen molar-refractivity contribution in [1.82, 2.24) is 0 Å². The number of aliphatic carboxylic acids is 1. The summed E-state index contributed by atoms with van der Waals surface area (Å²) in [5, 5.41) is 9.81. The average Bonchev–Trinajstić information content (AvgIpc) is 1.67. The van der Waals surface area contributed by atoms with Crippen LogP contribution in [-0.4, -0.2) is 12.0 Å². The van der Waals surface area contributed by atoms with Crippen LogP contribution in [0.2, 0.25) is 0 Å². The highest BCUT2D eigenvalue weighted by Crippen LogP contribution is 1.84. The average molecular weight is 114 g/mol. The van der Waals surface area contributed by atoms with Gasteiger partial charge in [-0.1, -0.05) is 6.08 Å². The zero-order valence-corrected chi connectivity index (χ0v) is 4.46. The van der Waals surface area contributed by atoms with Crippen molar-refractivity contribution in [2.24, 2.45) is 5.73 Å². The highest BCUT2D eigenvalue weighted by molar-refractivity contribution is 5.70. The molecule has 0 aliphatic rings. The minimum absolute atomic E-state index is 0.266. The van der Waals surface area contributed by atoms with Crippen molar-refractivity contribution >= 4 is 5.97 Å². The normalized spacial score (nSPS) is 12.6. The summed E-state index contributed by atoms with van der Waals surface area (Å²) in [5.41, 5.74) is 4.99. The third-order valence-corrected chi connectivity index (χ3v) is 0.723. The van der Waals surface area contributed by atoms with E-state index in [1.165, 1.54) is 6.08 Å². The minimum atomic E-state index is -1.23. The van der Waals surface area contributed by atoms with E-state index in [1.807, 2.05) is 0 Å². The SMILES string of the molecule is C=CC[C@H](N)C(=O)[O-]. The molecule has 46 valence electrons. The number of nitrogens with two attached hydrogens (primary N) is 1. The fraction of sp³-hybridized carbons (Fsp3) is 0.400. The fourth-order valence-electron chi connectivity index (χ4n) is 0.276. The Morgan fingerprint density at radius 2 is 2.50 bits per heavy atom. The lowest BCUT2D eigenvalue weighted by Crippen LogP contribution is -2.41. The summed E-state index contributed by atoms with van der Waals surface area (Å²) in [6.07, 6.45) is 1.71. The molecule has 0 saturated heterocycles. The third-order valence-electron chi connectivity index (χ3n) is 0.723. The van der Waals surface area contributed by atoms with Gasteiger partial charge in [0.15, 0.2) is 0 Å². The maximum atomic E-state index is 9.81. The molecule has 0 aliphatic heterocycles. The minimum Gasteiger partial charge on any atom is -0.548 e. The second-order valence-electron chi connectivity index (χ2n) is 1.45. The van der Waals surface area contributed by atoms with Crippen molar-refractivity contribution < 1.29 is 9.90 Å². The Hall–Kier alpha value is -0.830. The maximum absolute atomic E-state index is 9.81. The smallest absolute Gasteiger partial charge is 0.0585 e. The molecule has 3 nitrogen and oxygen atoms in total. The monoisotopic (exact) mass is 114 g/mol. The van der Waals surface area contributed by atoms with Crippen LogP contribution in [-0.2, 0) is 4.79 Å². The van der Waals surface area contributed by atoms with Crippen molar-refractivity contribution in [3.8, 4) is 0 Å². The second-order valence-corrected chi connectivity index (χ2v) is 1.45. The Balaban J connectivity index is 3.46. The first-order valence-electron chi connectivity index (χ1n) is 2.26. The van der Waals surface area contributed by atoms with Crippen LogP contribution in [0, 0.1) is 0 Å². The van der Waals surface area contributed by atoms with Crippen molar-refractivity contribution in [3.63, 3.8) is 0 Å². The number of carboxylic acids is 1. The van der Waals surface area contributed by atoms with E-state index < -0.39 is 12.0 Å². The number of carbonyl (C=O) groups is 1. The first kappa shape index (κ1) is 7.17. The summed E-state index contributed by atoms with van der Waals surface area (Å²) < 4.78 is 0. The number of rotatable bonds is 3. The predicted octanol–water partition coefficient (Wildman–Crippen LogP) is -1.36. The molecule has 0 aromatic heterocycles. The topological polar surface area (TPSA) is 66.2 Å². The summed E-state index contributed by atoms with van der Waals surface area (Å²) in [6, 6.07) is -0.896. The third kappa shape index (κ3) is 2.36. The van der Waals surface area contributed by atoms with Crippen molar-refractivity contribution in [3.05, 3.63) is 12.7 Å². The van der Waals surface area contributed by atoms with Gasteiger partial charge in [-0.3, -0.25) is 0 Å². The Morgan fingerprint density at radius 1 is 2.00 bits per heavy atom. The predicted molar refractivity (Wildman–Crippen MR) is 27.8 cm³/mol. The summed E-state index contributed by atoms with van der Waals surface area (Å²) in [6.45, 7) is 3.31. The molecule has 0 aliphatic carbocycles. The lowest BCUT2D eigenvalue weighted by Gasteiger charge is -2.07. The zero-order valence-electron chi connectivity index (χ0n) is 4.46. The van der Waals surface area contributed by atoms with Gasteiger partial charge in [0.05, 0.1) is 5.97 Å². The van der Waals surface area contributed by atoms with Gasteiger partial charge in [0.25, 0.3) is 0 Å². The van der Waals surface area contributed by atoms with Crippen molar-refractivity contribution in [2.75, 3.05) is 0 Å². The van der Waals surface area contributed by atoms with Gasteiger partial charge < -0.3 is 15.6 Å². The van der Waals surface area contributed by atoms with Gasteiger partial charge in [-0.15, -0.1) is 6.58 Å². The van der Waals surface area contributed by atoms with Gasteiger partial charge in [-0.2, -0.15) is 0 Å². The quantitative estimate of drug-likeness (QED) is 0.461. The molecule has 0 aromatic carbocycles. The van der Waals surface area contributed by atoms with Crippen LogP contribution in [0.15, 0.2) is 12.7 Å². The summed E-state index contributed by atoms with van der Waals surface area (Å²) in [4.78, 5) is 9.81. The second kappa shape index (κ2) is 3.21. The van der Waals surface area contributed by atoms with Gasteiger partial charge in [0, 0.05) is 6.04 Å². The van der Waals surface area contributed by atoms with Gasteiger partial charge in [0.2, 0.25) is 0 Å². The lowest BCUT2D eigenvalue weighted by atomic mass is 10.2. The van der Waals surface area contributed by atoms with Gasteiger partial charge in [-0.05, 0) is 6.42 Å². The molecule has 0 spiro atoms. The number of carboxylic acid groups (broad SMARTS) is 1. The van der Waals surface area contributed by atoms with E-state index in [-0.39, 0.29) is 6.42 Å². The van der Waals surface area contributed by atoms with E-state index >= 15 is 0 Å². The van der Waals surface area contributed by atoms with Crippen LogP contribution in [0.3, 0.4) is 0 Å². The van der Waals surface area contributed by atoms with E-state index in [0.717, 1.165) is 0 Å². The Bertz CT molecular complexity index is 101. The van der Waals surface area contributed by atoms with Crippen molar-refractivity contribution in [1.29, 1.82) is 0 Å². The Labute approximate surface area is 47.8 Å². The molecular weight excluding hydrogens is 106 g/mol. The molecule has 0 radical (unpaired) electrons. The van der Waals surface area contributed by atoms with Gasteiger partial charge >= 0.3 is 0 Å². The molecule has 0 amide bonds. The molecule has 0 fully saturated rings. The van der Waals surface area contributed by atoms with E-state index in [2.05, 4.69) is 6.58 Å². The lowest BCUT2D eigenvalue weighted by molar-refractivity contribution is -0.307. The van der Waals surface area contributed by atoms with E-state index in [9.17, 15) is 9.90 Å². The number of hydrogen-bond acceptors (Lipinski definition) is 3. The standard InChI is InChI=1S/C5H9NO2/c1-2-3-4(6)5(7)8/h2,4H,1,3,6H2,(H,7,8)/p-1/t4-/m0/s1. The Kier molecular flexibility index (Phi) is 2.88. The first-order valence-corrected chi connectivity index (χ1v) is 2.26. The molecule has 2 N–H and O–H groups in total. The van der Waals surface area contributed by atoms with Crippen molar-refractivity contribution in [2.45, 2.75) is 12.5 Å². The molecule has 0 bridgehead atoms. The molecule has 0 saturated carbocycles. The highest BCUT2D eigenvalue weighted by Gasteiger charge is 1.96. The van der Waals surface area contributed by atoms with E-state index in [4.69, 9.17) is 5.73 Å². The molecule has 3 heteroatoms. The molecule has 0 unspecified atom stereocenters. The van der Waals surface area contributed by atoms with Crippen LogP contribution in [0.5, 0.6) is 0 Å². The number of hydrogen-bond donors (Lipinski definition) is 1. The van der Waals surface area contributed by atoms with Gasteiger partial charge in [-0.25, -0.2) is 0 Å². The van der Waals surface area contributed by atoms with Crippen LogP contribution in [0.4, 0.5) is 0 Å². The van der Waals surface area contributed by atoms with E-state index in [0.29, 0.717) is 0 Å². The molecule has 0 rings (SSSR count). The first-order chi connectivity index (χ1) is 3.68. The van der Waals surface area contributed by atoms with Crippen LogP contribution in [0.25, 0.3) is 0 Å². The van der Waals surface area contributed by atoms with E-state index in [1.54, 1.807) is 0 Å². The molecule has 1 atom stereocenters. The maximum Gasteiger partial charge on any atom is 0.0585 e. The number of carbonyl (C=O) groups excluding carboxylic acids is 1. The van der Waals surface area contributed by atoms with Crippen LogP contribution >= 0.6 is 0 Å². The summed E-state index contributed by atoms with van der Waals surface area (Å²) in [5.74, 6) is -1.23. The van der Waals surface area contributed by atoms with Gasteiger partial charge in [0.1, 0.15) is 0 Å². The Morgan fingerprint density at radius 3 is 2.62 bits per heavy atom. The molecule has 0 aromatic rings.